The third-order valence-electron chi connectivity index (χ3n) is 7.59. The summed E-state index contributed by atoms with van der Waals surface area (Å²) in [7, 11) is 0. The van der Waals surface area contributed by atoms with Crippen LogP contribution in [0, 0.1) is 0 Å². The lowest BCUT2D eigenvalue weighted by molar-refractivity contribution is 0.0481. The Bertz CT molecular complexity index is 1290. The average Bonchev–Trinajstić information content (AvgIpc) is 3.27. The maximum Gasteiger partial charge on any atom is 0.338 e. The zero-order valence-electron chi connectivity index (χ0n) is 24.0. The number of hydrogen-bond acceptors (Lipinski definition) is 6. The Labute approximate surface area is 250 Å². The zero-order chi connectivity index (χ0) is 27.1. The molecule has 40 heavy (non-hydrogen) atoms. The second-order valence-electron chi connectivity index (χ2n) is 9.68. The molecule has 0 aliphatic heterocycles. The van der Waals surface area contributed by atoms with Gasteiger partial charge in [0, 0.05) is 13.1 Å². The summed E-state index contributed by atoms with van der Waals surface area (Å²) < 4.78 is 11.2. The summed E-state index contributed by atoms with van der Waals surface area (Å²) in [4.78, 5) is 30.4. The van der Waals surface area contributed by atoms with Crippen LogP contribution in [0.15, 0.2) is 48.5 Å². The molecular formula is C32H42Cl2N2O4. The fraction of sp³-hybridized carbons (Fsp3) is 0.438. The lowest BCUT2D eigenvalue weighted by Crippen LogP contribution is -2.25. The molecule has 218 valence electrons. The molecule has 1 aliphatic rings. The van der Waals surface area contributed by atoms with Crippen LogP contribution >= 0.6 is 24.8 Å². The van der Waals surface area contributed by atoms with Crippen LogP contribution in [0.5, 0.6) is 0 Å². The molecule has 4 rings (SSSR count). The average molecular weight is 590 g/mol. The van der Waals surface area contributed by atoms with Gasteiger partial charge in [-0.1, -0.05) is 58.0 Å². The van der Waals surface area contributed by atoms with Crippen LogP contribution in [0.2, 0.25) is 0 Å². The number of carbonyl (C=O) groups excluding carboxylic acids is 2. The molecular weight excluding hydrogens is 547 g/mol. The minimum atomic E-state index is -0.301. The molecule has 0 radical (unpaired) electrons. The highest BCUT2D eigenvalue weighted by Crippen LogP contribution is 2.48. The van der Waals surface area contributed by atoms with Gasteiger partial charge in [-0.2, -0.15) is 0 Å². The van der Waals surface area contributed by atoms with Crippen molar-refractivity contribution >= 4 is 47.5 Å². The molecule has 0 N–H and O–H groups in total. The molecule has 0 amide bonds. The standard InChI is InChI=1S/C32H40N2O4.2ClH/c1-5-33(6-2)18-10-20-37-31(35)23-14-15-24-27-16-17-28(32(36)38-21-11-19-34(7-3)8-4)25-12-9-13-26(30(25)27)29(24)22-23;;/h9,12-17,22H,5-8,10-11,18-21H2,1-4H3;2*1H. The molecule has 6 nitrogen and oxygen atoms in total. The van der Waals surface area contributed by atoms with Crippen LogP contribution in [0.25, 0.3) is 33.0 Å². The highest BCUT2D eigenvalue weighted by molar-refractivity contribution is 6.20. The van der Waals surface area contributed by atoms with Crippen LogP contribution in [-0.2, 0) is 9.47 Å². The number of carbonyl (C=O) groups is 2. The van der Waals surface area contributed by atoms with Gasteiger partial charge in [-0.3, -0.25) is 0 Å². The monoisotopic (exact) mass is 588 g/mol. The van der Waals surface area contributed by atoms with E-state index in [0.717, 1.165) is 85.1 Å². The van der Waals surface area contributed by atoms with E-state index in [-0.39, 0.29) is 36.8 Å². The van der Waals surface area contributed by atoms with Gasteiger partial charge < -0.3 is 19.3 Å². The van der Waals surface area contributed by atoms with Crippen LogP contribution in [0.1, 0.15) is 61.3 Å². The number of halogens is 2. The Balaban J connectivity index is 0.00000280. The lowest BCUT2D eigenvalue weighted by atomic mass is 9.98. The number of fused-ring (bicyclic) bond motifs is 3. The molecule has 3 aromatic carbocycles. The molecule has 0 unspecified atom stereocenters. The number of esters is 2. The topological polar surface area (TPSA) is 59.1 Å². The SMILES string of the molecule is CCN(CC)CCCOC(=O)c1ccc2c(c1)-c1cccc3c(C(=O)OCCCN(CC)CC)ccc-2c13.Cl.Cl. The third-order valence-corrected chi connectivity index (χ3v) is 7.59. The maximum absolute atomic E-state index is 13.0. The Hall–Kier alpha value is -2.64. The van der Waals surface area contributed by atoms with Gasteiger partial charge in [0.2, 0.25) is 0 Å². The van der Waals surface area contributed by atoms with Crippen molar-refractivity contribution in [2.45, 2.75) is 40.5 Å². The second kappa shape index (κ2) is 16.0. The molecule has 0 saturated heterocycles. The van der Waals surface area contributed by atoms with Crippen molar-refractivity contribution in [3.63, 3.8) is 0 Å². The lowest BCUT2D eigenvalue weighted by Gasteiger charge is -2.17. The van der Waals surface area contributed by atoms with Gasteiger partial charge in [0.15, 0.2) is 0 Å². The Morgan fingerprint density at radius 3 is 1.80 bits per heavy atom. The van der Waals surface area contributed by atoms with E-state index in [2.05, 4.69) is 43.6 Å². The molecule has 0 bridgehead atoms. The van der Waals surface area contributed by atoms with Crippen LogP contribution in [0.4, 0.5) is 0 Å². The van der Waals surface area contributed by atoms with Crippen LogP contribution in [0.3, 0.4) is 0 Å². The fourth-order valence-electron chi connectivity index (χ4n) is 5.31. The summed E-state index contributed by atoms with van der Waals surface area (Å²) >= 11 is 0. The van der Waals surface area contributed by atoms with Crippen molar-refractivity contribution in [3.05, 3.63) is 59.7 Å². The summed E-state index contributed by atoms with van der Waals surface area (Å²) in [5.41, 5.74) is 5.28. The van der Waals surface area contributed by atoms with Gasteiger partial charge in [0.1, 0.15) is 0 Å². The van der Waals surface area contributed by atoms with E-state index in [1.807, 2.05) is 42.5 Å². The van der Waals surface area contributed by atoms with E-state index in [1.165, 1.54) is 0 Å². The van der Waals surface area contributed by atoms with E-state index in [4.69, 9.17) is 9.47 Å². The largest absolute Gasteiger partial charge is 0.462 e. The molecule has 3 aromatic rings. The van der Waals surface area contributed by atoms with Gasteiger partial charge in [-0.15, -0.1) is 24.8 Å². The minimum Gasteiger partial charge on any atom is -0.462 e. The van der Waals surface area contributed by atoms with Crippen molar-refractivity contribution in [2.24, 2.45) is 0 Å². The molecule has 0 spiro atoms. The fourth-order valence-corrected chi connectivity index (χ4v) is 5.31. The summed E-state index contributed by atoms with van der Waals surface area (Å²) in [5, 5.41) is 1.91. The summed E-state index contributed by atoms with van der Waals surface area (Å²) in [5.74, 6) is -0.595. The predicted molar refractivity (Wildman–Crippen MR) is 168 cm³/mol. The Kier molecular flexibility index (Phi) is 13.4. The van der Waals surface area contributed by atoms with Crippen molar-refractivity contribution in [1.29, 1.82) is 0 Å². The highest BCUT2D eigenvalue weighted by Gasteiger charge is 2.25. The van der Waals surface area contributed by atoms with E-state index in [1.54, 1.807) is 0 Å². The number of nitrogens with zero attached hydrogens (tertiary/aromatic N) is 2. The van der Waals surface area contributed by atoms with Crippen molar-refractivity contribution in [2.75, 3.05) is 52.5 Å². The zero-order valence-corrected chi connectivity index (χ0v) is 25.7. The first-order chi connectivity index (χ1) is 18.5. The Morgan fingerprint density at radius 2 is 1.20 bits per heavy atom. The van der Waals surface area contributed by atoms with Gasteiger partial charge in [-0.25, -0.2) is 9.59 Å². The molecule has 0 heterocycles. The van der Waals surface area contributed by atoms with Crippen LogP contribution in [-0.4, -0.2) is 74.2 Å². The van der Waals surface area contributed by atoms with Gasteiger partial charge >= 0.3 is 11.9 Å². The quantitative estimate of drug-likeness (QED) is 0.115. The second-order valence-corrected chi connectivity index (χ2v) is 9.68. The minimum absolute atomic E-state index is 0. The van der Waals surface area contributed by atoms with E-state index in [9.17, 15) is 9.59 Å². The first-order valence-corrected chi connectivity index (χ1v) is 14.0. The molecule has 0 atom stereocenters. The van der Waals surface area contributed by atoms with Crippen molar-refractivity contribution in [1.82, 2.24) is 9.80 Å². The first-order valence-electron chi connectivity index (χ1n) is 14.0. The van der Waals surface area contributed by atoms with Crippen LogP contribution < -0.4 is 0 Å². The van der Waals surface area contributed by atoms with Gasteiger partial charge in [0.25, 0.3) is 0 Å². The van der Waals surface area contributed by atoms with Crippen molar-refractivity contribution < 1.29 is 19.1 Å². The predicted octanol–water partition coefficient (Wildman–Crippen LogP) is 7.11. The molecule has 0 fully saturated rings. The Morgan fingerprint density at radius 1 is 0.650 bits per heavy atom. The van der Waals surface area contributed by atoms with E-state index in [0.29, 0.717) is 24.3 Å². The smallest absolute Gasteiger partial charge is 0.338 e. The summed E-state index contributed by atoms with van der Waals surface area (Å²) in [6.07, 6.45) is 1.63. The highest BCUT2D eigenvalue weighted by atomic mass is 35.5. The number of benzene rings is 3. The van der Waals surface area contributed by atoms with Gasteiger partial charge in [-0.05, 0) is 90.2 Å². The molecule has 0 aromatic heterocycles. The van der Waals surface area contributed by atoms with Crippen molar-refractivity contribution in [3.8, 4) is 22.3 Å². The molecule has 8 heteroatoms. The number of ether oxygens (including phenoxy) is 2. The normalized spacial score (nSPS) is 11.2. The molecule has 0 saturated carbocycles. The summed E-state index contributed by atoms with van der Waals surface area (Å²) in [6.45, 7) is 15.2. The summed E-state index contributed by atoms with van der Waals surface area (Å²) in [6, 6.07) is 15.6. The number of hydrogen-bond donors (Lipinski definition) is 0. The molecule has 1 aliphatic carbocycles. The van der Waals surface area contributed by atoms with Gasteiger partial charge in [0.05, 0.1) is 24.3 Å². The maximum atomic E-state index is 13.0. The third kappa shape index (κ3) is 7.35. The number of rotatable bonds is 14. The van der Waals surface area contributed by atoms with E-state index < -0.39 is 0 Å². The first kappa shape index (κ1) is 33.6. The van der Waals surface area contributed by atoms with E-state index >= 15 is 0 Å².